The lowest BCUT2D eigenvalue weighted by atomic mass is 9.98. The molecule has 33 heavy (non-hydrogen) atoms. The molecule has 0 fully saturated rings. The number of aromatic nitrogens is 2. The van der Waals surface area contributed by atoms with Crippen LogP contribution in [0.25, 0.3) is 0 Å². The van der Waals surface area contributed by atoms with Crippen LogP contribution in [0.2, 0.25) is 0 Å². The van der Waals surface area contributed by atoms with Crippen molar-refractivity contribution in [3.05, 3.63) is 18.2 Å². The molecule has 13 heteroatoms. The fourth-order valence-electron chi connectivity index (χ4n) is 2.90. The maximum Gasteiger partial charge on any atom is 0.326 e. The number of rotatable bonds is 15. The van der Waals surface area contributed by atoms with Crippen LogP contribution in [0.3, 0.4) is 0 Å². The van der Waals surface area contributed by atoms with Gasteiger partial charge < -0.3 is 31.8 Å². The van der Waals surface area contributed by atoms with E-state index in [-0.39, 0.29) is 24.5 Å². The number of carboxylic acids is 1. The van der Waals surface area contributed by atoms with E-state index < -0.39 is 47.9 Å². The number of nitrogens with one attached hydrogen (secondary N) is 4. The minimum Gasteiger partial charge on any atom is -0.480 e. The normalized spacial score (nSPS) is 15.5. The molecule has 5 unspecified atom stereocenters. The Labute approximate surface area is 203 Å². The molecule has 0 saturated carbocycles. The molecule has 0 aromatic carbocycles. The molecule has 0 aliphatic rings. The van der Waals surface area contributed by atoms with Gasteiger partial charge in [0.05, 0.1) is 12.4 Å². The summed E-state index contributed by atoms with van der Waals surface area (Å²) >= 11 is 5.49. The first kappa shape index (κ1) is 28.8. The van der Waals surface area contributed by atoms with E-state index in [9.17, 15) is 24.3 Å². The monoisotopic (exact) mass is 502 g/mol. The summed E-state index contributed by atoms with van der Waals surface area (Å²) in [6.45, 7) is 3.56. The van der Waals surface area contributed by atoms with Crippen molar-refractivity contribution in [2.45, 2.75) is 57.3 Å². The summed E-state index contributed by atoms with van der Waals surface area (Å²) in [7, 11) is 0. The second kappa shape index (κ2) is 14.8. The van der Waals surface area contributed by atoms with Crippen LogP contribution in [0.4, 0.5) is 0 Å². The number of imidazole rings is 1. The second-order valence-electron chi connectivity index (χ2n) is 7.68. The third kappa shape index (κ3) is 9.64. The topological polar surface area (TPSA) is 179 Å². The summed E-state index contributed by atoms with van der Waals surface area (Å²) in [5.41, 5.74) is 6.32. The van der Waals surface area contributed by atoms with Crippen LogP contribution in [0, 0.1) is 5.92 Å². The molecule has 1 aromatic rings. The number of nitrogens with two attached hydrogens (primary N) is 1. The Hall–Kier alpha value is -2.25. The van der Waals surface area contributed by atoms with Gasteiger partial charge in [-0.1, -0.05) is 20.3 Å². The highest BCUT2D eigenvalue weighted by Gasteiger charge is 2.31. The van der Waals surface area contributed by atoms with Gasteiger partial charge in [-0.15, -0.1) is 0 Å². The number of carbonyl (C=O) groups is 4. The Kier molecular flexibility index (Phi) is 12.9. The minimum atomic E-state index is -1.14. The van der Waals surface area contributed by atoms with Gasteiger partial charge in [0.15, 0.2) is 0 Å². The first-order chi connectivity index (χ1) is 15.6. The molecule has 0 bridgehead atoms. The number of nitrogens with zero attached hydrogens (tertiary/aromatic N) is 1. The van der Waals surface area contributed by atoms with Crippen LogP contribution in [0.5, 0.6) is 0 Å². The van der Waals surface area contributed by atoms with E-state index in [1.165, 1.54) is 24.3 Å². The predicted molar refractivity (Wildman–Crippen MR) is 130 cm³/mol. The van der Waals surface area contributed by atoms with Gasteiger partial charge in [0.1, 0.15) is 18.1 Å². The summed E-state index contributed by atoms with van der Waals surface area (Å²) in [4.78, 5) is 56.7. The summed E-state index contributed by atoms with van der Waals surface area (Å²) in [5.74, 6) is -2.53. The lowest BCUT2D eigenvalue weighted by molar-refractivity contribution is -0.143. The zero-order valence-electron chi connectivity index (χ0n) is 19.0. The molecule has 3 amide bonds. The highest BCUT2D eigenvalue weighted by molar-refractivity contribution is 7.98. The molecule has 11 nitrogen and oxygen atoms in total. The molecule has 186 valence electrons. The number of hydrogen-bond acceptors (Lipinski definition) is 8. The number of thiol groups is 1. The molecular weight excluding hydrogens is 468 g/mol. The maximum absolute atomic E-state index is 13.1. The average molecular weight is 503 g/mol. The molecule has 0 aliphatic heterocycles. The molecule has 5 atom stereocenters. The number of thioether (sulfide) groups is 1. The van der Waals surface area contributed by atoms with Gasteiger partial charge >= 0.3 is 5.97 Å². The van der Waals surface area contributed by atoms with Crippen molar-refractivity contribution in [1.82, 2.24) is 25.9 Å². The van der Waals surface area contributed by atoms with Crippen LogP contribution in [-0.2, 0) is 25.6 Å². The Balaban J connectivity index is 3.02. The van der Waals surface area contributed by atoms with E-state index in [2.05, 4.69) is 38.5 Å². The van der Waals surface area contributed by atoms with Crippen molar-refractivity contribution in [3.63, 3.8) is 0 Å². The highest BCUT2D eigenvalue weighted by atomic mass is 32.2. The van der Waals surface area contributed by atoms with E-state index in [0.29, 0.717) is 17.9 Å². The van der Waals surface area contributed by atoms with E-state index in [1.54, 1.807) is 6.92 Å². The minimum absolute atomic E-state index is 0.0924. The summed E-state index contributed by atoms with van der Waals surface area (Å²) in [6, 6.07) is -3.99. The quantitative estimate of drug-likeness (QED) is 0.158. The number of aromatic amines is 1. The van der Waals surface area contributed by atoms with Crippen molar-refractivity contribution in [3.8, 4) is 0 Å². The molecule has 1 rings (SSSR count). The largest absolute Gasteiger partial charge is 0.480 e. The molecule has 0 radical (unpaired) electrons. The molecule has 0 spiro atoms. The van der Waals surface area contributed by atoms with Gasteiger partial charge in [0.25, 0.3) is 0 Å². The Morgan fingerprint density at radius 1 is 1.18 bits per heavy atom. The van der Waals surface area contributed by atoms with Gasteiger partial charge in [0.2, 0.25) is 17.7 Å². The maximum atomic E-state index is 13.1. The zero-order valence-corrected chi connectivity index (χ0v) is 20.7. The van der Waals surface area contributed by atoms with Crippen LogP contribution in [0.15, 0.2) is 12.5 Å². The van der Waals surface area contributed by atoms with Crippen molar-refractivity contribution < 1.29 is 24.3 Å². The van der Waals surface area contributed by atoms with Crippen LogP contribution in [-0.4, -0.2) is 80.7 Å². The average Bonchev–Trinajstić information content (AvgIpc) is 3.31. The summed E-state index contributed by atoms with van der Waals surface area (Å²) < 4.78 is 0. The SMILES string of the molecule is CCC(C)C(NC(=O)C(CCSC)NC(=O)C(Cc1cnc[nH]1)NC(=O)C(N)CS)C(=O)O. The van der Waals surface area contributed by atoms with Gasteiger partial charge in [-0.3, -0.25) is 14.4 Å². The second-order valence-corrected chi connectivity index (χ2v) is 9.03. The van der Waals surface area contributed by atoms with Crippen LogP contribution < -0.4 is 21.7 Å². The lowest BCUT2D eigenvalue weighted by Gasteiger charge is -2.26. The van der Waals surface area contributed by atoms with Crippen molar-refractivity contribution in [2.75, 3.05) is 17.8 Å². The number of carboxylic acid groups (broad SMARTS) is 1. The number of carbonyl (C=O) groups excluding carboxylic acids is 3. The van der Waals surface area contributed by atoms with E-state index in [1.807, 2.05) is 13.2 Å². The van der Waals surface area contributed by atoms with Crippen molar-refractivity contribution in [2.24, 2.45) is 11.7 Å². The lowest BCUT2D eigenvalue weighted by Crippen LogP contribution is -2.58. The number of H-pyrrole nitrogens is 1. The summed E-state index contributed by atoms with van der Waals surface area (Å²) in [5, 5.41) is 17.3. The first-order valence-corrected chi connectivity index (χ1v) is 12.6. The van der Waals surface area contributed by atoms with E-state index in [0.717, 1.165) is 0 Å². The fourth-order valence-corrected chi connectivity index (χ4v) is 3.54. The Bertz CT molecular complexity index is 779. The predicted octanol–water partition coefficient (Wildman–Crippen LogP) is -0.452. The smallest absolute Gasteiger partial charge is 0.326 e. The standard InChI is InChI=1S/C20H34N6O5S2/c1-4-11(2)16(20(30)31)26-18(28)14(5-6-33-3)24-19(29)15(7-12-8-22-10-23-12)25-17(27)13(21)9-32/h8,10-11,13-16,32H,4-7,9,21H2,1-3H3,(H,22,23)(H,24,29)(H,25,27)(H,26,28)(H,30,31). The number of hydrogen-bond donors (Lipinski definition) is 7. The van der Waals surface area contributed by atoms with Crippen molar-refractivity contribution >= 4 is 48.1 Å². The first-order valence-electron chi connectivity index (χ1n) is 10.6. The number of amides is 3. The van der Waals surface area contributed by atoms with Crippen LogP contribution >= 0.6 is 24.4 Å². The van der Waals surface area contributed by atoms with Crippen molar-refractivity contribution in [1.29, 1.82) is 0 Å². The van der Waals surface area contributed by atoms with Gasteiger partial charge in [-0.05, 0) is 24.3 Å². The van der Waals surface area contributed by atoms with E-state index in [4.69, 9.17) is 5.73 Å². The van der Waals surface area contributed by atoms with Gasteiger partial charge in [-0.2, -0.15) is 24.4 Å². The molecule has 7 N–H and O–H groups in total. The molecule has 0 aliphatic carbocycles. The fraction of sp³-hybridized carbons (Fsp3) is 0.650. The van der Waals surface area contributed by atoms with Crippen LogP contribution in [0.1, 0.15) is 32.4 Å². The third-order valence-corrected chi connectivity index (χ3v) is 6.20. The van der Waals surface area contributed by atoms with Gasteiger partial charge in [-0.25, -0.2) is 9.78 Å². The highest BCUT2D eigenvalue weighted by Crippen LogP contribution is 2.10. The Morgan fingerprint density at radius 3 is 2.33 bits per heavy atom. The van der Waals surface area contributed by atoms with Gasteiger partial charge in [0, 0.05) is 24.1 Å². The summed E-state index contributed by atoms with van der Waals surface area (Å²) in [6.07, 6.45) is 5.76. The van der Waals surface area contributed by atoms with E-state index >= 15 is 0 Å². The molecule has 1 aromatic heterocycles. The zero-order chi connectivity index (χ0) is 25.0. The third-order valence-electron chi connectivity index (χ3n) is 5.17. The number of aliphatic carboxylic acids is 1. The molecule has 0 saturated heterocycles. The molecule has 1 heterocycles. The Morgan fingerprint density at radius 2 is 1.82 bits per heavy atom. The molecular formula is C20H34N6O5S2.